The summed E-state index contributed by atoms with van der Waals surface area (Å²) in [7, 11) is 1.66. The van der Waals surface area contributed by atoms with Gasteiger partial charge >= 0.3 is 6.03 Å². The fourth-order valence-corrected chi connectivity index (χ4v) is 3.19. The molecule has 2 fully saturated rings. The van der Waals surface area contributed by atoms with E-state index < -0.39 is 6.04 Å². The second-order valence-electron chi connectivity index (χ2n) is 6.71. The number of amides is 3. The molecule has 3 amide bonds. The number of hydrogen-bond donors (Lipinski definition) is 1. The van der Waals surface area contributed by atoms with Crippen LogP contribution in [0.25, 0.3) is 0 Å². The largest absolute Gasteiger partial charge is 0.337 e. The fraction of sp³-hybridized carbons (Fsp3) is 0.588. The molecule has 0 aromatic carbocycles. The molecule has 1 N–H and O–H groups in total. The molecule has 3 rings (SSSR count). The molecule has 2 heterocycles. The molecule has 1 aromatic heterocycles. The van der Waals surface area contributed by atoms with Gasteiger partial charge in [-0.05, 0) is 32.1 Å². The van der Waals surface area contributed by atoms with Gasteiger partial charge in [-0.1, -0.05) is 6.08 Å². The van der Waals surface area contributed by atoms with Crippen LogP contribution in [0.3, 0.4) is 0 Å². The molecule has 1 aromatic rings. The first kappa shape index (κ1) is 16.5. The normalized spacial score (nSPS) is 21.7. The average molecular weight is 331 g/mol. The third-order valence-corrected chi connectivity index (χ3v) is 4.98. The van der Waals surface area contributed by atoms with E-state index in [0.717, 1.165) is 0 Å². The highest BCUT2D eigenvalue weighted by molar-refractivity contribution is 5.94. The summed E-state index contributed by atoms with van der Waals surface area (Å²) in [5, 5.41) is 7.17. The molecule has 7 heteroatoms. The van der Waals surface area contributed by atoms with Crippen LogP contribution in [0.2, 0.25) is 0 Å². The van der Waals surface area contributed by atoms with Crippen molar-refractivity contribution in [3.8, 4) is 0 Å². The highest BCUT2D eigenvalue weighted by Crippen LogP contribution is 2.39. The standard InChI is InChI=1S/C17H25N5O2/c1-4-8-21-9-7-15(16(21)23)20(3)17(24)19-14-10-18-22(11-14)12(2)13-5-6-13/h4,10-13,15H,1,5-9H2,2-3H3,(H,19,24)/t12-,15+/m0/s1. The van der Waals surface area contributed by atoms with Crippen LogP contribution in [0.5, 0.6) is 0 Å². The maximum Gasteiger partial charge on any atom is 0.322 e. The fourth-order valence-electron chi connectivity index (χ4n) is 3.19. The highest BCUT2D eigenvalue weighted by Gasteiger charge is 2.36. The SMILES string of the molecule is C=CCN1CC[C@@H](N(C)C(=O)Nc2cnn([C@@H](C)C3CC3)c2)C1=O. The molecule has 1 aliphatic heterocycles. The van der Waals surface area contributed by atoms with Gasteiger partial charge in [0.1, 0.15) is 6.04 Å². The van der Waals surface area contributed by atoms with Gasteiger partial charge in [0.15, 0.2) is 0 Å². The predicted molar refractivity (Wildman–Crippen MR) is 91.6 cm³/mol. The van der Waals surface area contributed by atoms with Gasteiger partial charge in [-0.2, -0.15) is 5.10 Å². The highest BCUT2D eigenvalue weighted by atomic mass is 16.2. The molecular weight excluding hydrogens is 306 g/mol. The van der Waals surface area contributed by atoms with E-state index >= 15 is 0 Å². The Morgan fingerprint density at radius 3 is 2.96 bits per heavy atom. The third-order valence-electron chi connectivity index (χ3n) is 4.98. The summed E-state index contributed by atoms with van der Waals surface area (Å²) in [5.41, 5.74) is 0.660. The van der Waals surface area contributed by atoms with Crippen molar-refractivity contribution < 1.29 is 9.59 Å². The molecule has 0 unspecified atom stereocenters. The van der Waals surface area contributed by atoms with Crippen LogP contribution in [-0.2, 0) is 4.79 Å². The number of likely N-dealkylation sites (tertiary alicyclic amines) is 1. The molecule has 0 radical (unpaired) electrons. The maximum absolute atomic E-state index is 12.4. The summed E-state index contributed by atoms with van der Waals surface area (Å²) in [6, 6.07) is -0.338. The van der Waals surface area contributed by atoms with Crippen molar-refractivity contribution in [3.05, 3.63) is 25.0 Å². The molecule has 0 spiro atoms. The number of hydrogen-bond acceptors (Lipinski definition) is 3. The van der Waals surface area contributed by atoms with Crippen molar-refractivity contribution in [1.82, 2.24) is 19.6 Å². The summed E-state index contributed by atoms with van der Waals surface area (Å²) in [5.74, 6) is 0.675. The topological polar surface area (TPSA) is 70.5 Å². The third kappa shape index (κ3) is 3.29. The lowest BCUT2D eigenvalue weighted by Crippen LogP contribution is -2.44. The minimum absolute atomic E-state index is 0.0226. The van der Waals surface area contributed by atoms with E-state index in [9.17, 15) is 9.59 Å². The lowest BCUT2D eigenvalue weighted by Gasteiger charge is -2.23. The molecular formula is C17H25N5O2. The van der Waals surface area contributed by atoms with E-state index in [2.05, 4.69) is 23.9 Å². The van der Waals surface area contributed by atoms with E-state index in [1.165, 1.54) is 17.7 Å². The Labute approximate surface area is 142 Å². The second-order valence-corrected chi connectivity index (χ2v) is 6.71. The Morgan fingerprint density at radius 2 is 2.29 bits per heavy atom. The number of likely N-dealkylation sites (N-methyl/N-ethyl adjacent to an activating group) is 1. The first-order valence-electron chi connectivity index (χ1n) is 8.49. The zero-order chi connectivity index (χ0) is 17.3. The molecule has 0 bridgehead atoms. The number of nitrogens with one attached hydrogen (secondary N) is 1. The van der Waals surface area contributed by atoms with Gasteiger partial charge in [-0.15, -0.1) is 6.58 Å². The quantitative estimate of drug-likeness (QED) is 0.812. The smallest absolute Gasteiger partial charge is 0.322 e. The molecule has 130 valence electrons. The van der Waals surface area contributed by atoms with Crippen molar-refractivity contribution in [3.63, 3.8) is 0 Å². The Balaban J connectivity index is 1.58. The van der Waals surface area contributed by atoms with Crippen LogP contribution in [0, 0.1) is 5.92 Å². The summed E-state index contributed by atoms with van der Waals surface area (Å²) < 4.78 is 1.90. The number of aromatic nitrogens is 2. The molecule has 7 nitrogen and oxygen atoms in total. The van der Waals surface area contributed by atoms with Gasteiger partial charge in [0, 0.05) is 26.3 Å². The van der Waals surface area contributed by atoms with E-state index in [-0.39, 0.29) is 11.9 Å². The summed E-state index contributed by atoms with van der Waals surface area (Å²) in [4.78, 5) is 27.9. The number of carbonyl (C=O) groups excluding carboxylic acids is 2. The first-order chi connectivity index (χ1) is 11.5. The maximum atomic E-state index is 12.4. The van der Waals surface area contributed by atoms with Crippen LogP contribution in [0.4, 0.5) is 10.5 Å². The Kier molecular flexibility index (Phi) is 4.59. The van der Waals surface area contributed by atoms with Crippen LogP contribution in [0.1, 0.15) is 32.2 Å². The van der Waals surface area contributed by atoms with E-state index in [4.69, 9.17) is 0 Å². The Hall–Kier alpha value is -2.31. The zero-order valence-corrected chi connectivity index (χ0v) is 14.3. The minimum Gasteiger partial charge on any atom is -0.337 e. The van der Waals surface area contributed by atoms with Gasteiger partial charge in [0.2, 0.25) is 5.91 Å². The van der Waals surface area contributed by atoms with Gasteiger partial charge in [-0.25, -0.2) is 4.79 Å². The molecule has 1 saturated heterocycles. The van der Waals surface area contributed by atoms with Gasteiger partial charge < -0.3 is 15.1 Å². The van der Waals surface area contributed by atoms with E-state index in [1.54, 1.807) is 24.2 Å². The Morgan fingerprint density at radius 1 is 1.54 bits per heavy atom. The molecule has 24 heavy (non-hydrogen) atoms. The van der Waals surface area contributed by atoms with Crippen molar-refractivity contribution >= 4 is 17.6 Å². The minimum atomic E-state index is -0.412. The van der Waals surface area contributed by atoms with E-state index in [1.807, 2.05) is 10.9 Å². The molecule has 1 saturated carbocycles. The second kappa shape index (κ2) is 6.67. The molecule has 2 aliphatic rings. The number of carbonyl (C=O) groups is 2. The van der Waals surface area contributed by atoms with Crippen LogP contribution < -0.4 is 5.32 Å². The summed E-state index contributed by atoms with van der Waals surface area (Å²) in [6.07, 6.45) is 8.36. The van der Waals surface area contributed by atoms with Gasteiger partial charge in [0.05, 0.1) is 17.9 Å². The average Bonchev–Trinajstić information content (AvgIpc) is 3.22. The lowest BCUT2D eigenvalue weighted by atomic mass is 10.2. The van der Waals surface area contributed by atoms with Crippen molar-refractivity contribution in [2.24, 2.45) is 5.92 Å². The van der Waals surface area contributed by atoms with E-state index in [0.29, 0.717) is 37.2 Å². The van der Waals surface area contributed by atoms with Crippen LogP contribution in [-0.4, -0.2) is 57.7 Å². The van der Waals surface area contributed by atoms with Crippen LogP contribution >= 0.6 is 0 Å². The number of urea groups is 1. The summed E-state index contributed by atoms with van der Waals surface area (Å²) >= 11 is 0. The zero-order valence-electron chi connectivity index (χ0n) is 14.3. The van der Waals surface area contributed by atoms with Crippen molar-refractivity contribution in [2.45, 2.75) is 38.3 Å². The summed E-state index contributed by atoms with van der Waals surface area (Å²) in [6.45, 7) is 6.98. The number of anilines is 1. The van der Waals surface area contributed by atoms with Gasteiger partial charge in [-0.3, -0.25) is 9.48 Å². The molecule has 1 aliphatic carbocycles. The van der Waals surface area contributed by atoms with Gasteiger partial charge in [0.25, 0.3) is 0 Å². The Bertz CT molecular complexity index is 637. The molecule has 2 atom stereocenters. The first-order valence-corrected chi connectivity index (χ1v) is 8.49. The van der Waals surface area contributed by atoms with Crippen molar-refractivity contribution in [1.29, 1.82) is 0 Å². The lowest BCUT2D eigenvalue weighted by molar-refractivity contribution is -0.130. The monoisotopic (exact) mass is 331 g/mol. The van der Waals surface area contributed by atoms with Crippen molar-refractivity contribution in [2.75, 3.05) is 25.5 Å². The van der Waals surface area contributed by atoms with Crippen LogP contribution in [0.15, 0.2) is 25.0 Å². The predicted octanol–water partition coefficient (Wildman–Crippen LogP) is 2.10. The number of rotatable bonds is 6. The number of nitrogens with zero attached hydrogens (tertiary/aromatic N) is 4.